The van der Waals surface area contributed by atoms with Gasteiger partial charge in [-0.3, -0.25) is 0 Å². The highest BCUT2D eigenvalue weighted by Gasteiger charge is 2.43. The summed E-state index contributed by atoms with van der Waals surface area (Å²) in [5, 5.41) is 0. The van der Waals surface area contributed by atoms with Crippen molar-refractivity contribution in [1.82, 2.24) is 0 Å². The topological polar surface area (TPSA) is 38.8 Å². The van der Waals surface area contributed by atoms with Gasteiger partial charge in [0.15, 0.2) is 16.6 Å². The zero-order chi connectivity index (χ0) is 18.7. The lowest BCUT2D eigenvalue weighted by atomic mass is 10.3. The van der Waals surface area contributed by atoms with Crippen molar-refractivity contribution in [2.45, 2.75) is 39.3 Å². The summed E-state index contributed by atoms with van der Waals surface area (Å²) in [7, 11) is -7.82. The highest BCUT2D eigenvalue weighted by molar-refractivity contribution is 7.59. The van der Waals surface area contributed by atoms with Crippen LogP contribution in [0.5, 0.6) is 0 Å². The van der Waals surface area contributed by atoms with Gasteiger partial charge in [0.05, 0.1) is 11.4 Å². The molecule has 0 N–H and O–H groups in total. The van der Waals surface area contributed by atoms with Gasteiger partial charge in [0.1, 0.15) is 0 Å². The third-order valence-corrected chi connectivity index (χ3v) is 10.2. The average Bonchev–Trinajstić information content (AvgIpc) is 2.45. The predicted octanol–water partition coefficient (Wildman–Crippen LogP) is 6.64. The molecule has 0 aliphatic heterocycles. The summed E-state index contributed by atoms with van der Waals surface area (Å²) in [6, 6.07) is 19.3. The summed E-state index contributed by atoms with van der Waals surface area (Å²) >= 11 is 0. The Morgan fingerprint density at radius 3 is 1.28 bits per heavy atom. The highest BCUT2D eigenvalue weighted by atomic mass is 31.2. The summed E-state index contributed by atoms with van der Waals surface area (Å²) < 4.78 is 28.2. The predicted molar refractivity (Wildman–Crippen MR) is 111 cm³/mol. The van der Waals surface area contributed by atoms with E-state index in [4.69, 9.17) is 8.43 Å². The van der Waals surface area contributed by atoms with Crippen molar-refractivity contribution in [2.24, 2.45) is 0 Å². The van der Waals surface area contributed by atoms with Gasteiger partial charge in [-0.2, -0.15) is 0 Å². The molecule has 0 atom stereocenters. The van der Waals surface area contributed by atoms with E-state index < -0.39 is 24.4 Å². The molecule has 136 valence electrons. The Balaban J connectivity index is 2.63. The van der Waals surface area contributed by atoms with Crippen molar-refractivity contribution < 1.29 is 13.0 Å². The van der Waals surface area contributed by atoms with Crippen molar-refractivity contribution in [3.05, 3.63) is 60.7 Å². The molecule has 2 rings (SSSR count). The first kappa shape index (κ1) is 20.1. The van der Waals surface area contributed by atoms with E-state index in [-0.39, 0.29) is 0 Å². The van der Waals surface area contributed by atoms with E-state index in [1.807, 2.05) is 99.9 Å². The number of anilines is 2. The molecular formula is C18H28NO3PSi2. The zero-order valence-electron chi connectivity index (χ0n) is 15.9. The van der Waals surface area contributed by atoms with Gasteiger partial charge in [-0.25, -0.2) is 9.24 Å². The van der Waals surface area contributed by atoms with Gasteiger partial charge in [-0.05, 0) is 63.5 Å². The number of hydrogen-bond acceptors (Lipinski definition) is 3. The summed E-state index contributed by atoms with van der Waals surface area (Å²) in [4.78, 5) is 0. The second-order valence-electron chi connectivity index (χ2n) is 7.86. The van der Waals surface area contributed by atoms with Crippen LogP contribution in [0.3, 0.4) is 0 Å². The largest absolute Gasteiger partial charge is 0.420 e. The molecule has 0 amide bonds. The van der Waals surface area contributed by atoms with Gasteiger partial charge in [0, 0.05) is 0 Å². The summed E-state index contributed by atoms with van der Waals surface area (Å²) in [5.74, 6) is 0. The van der Waals surface area contributed by atoms with E-state index in [1.54, 1.807) is 4.67 Å². The highest BCUT2D eigenvalue weighted by Crippen LogP contribution is 2.60. The number of benzene rings is 2. The van der Waals surface area contributed by atoms with E-state index in [1.165, 1.54) is 0 Å². The molecule has 2 aromatic carbocycles. The number of nitrogens with zero attached hydrogens (tertiary/aromatic N) is 1. The molecule has 0 heterocycles. The maximum atomic E-state index is 14.1. The third-order valence-electron chi connectivity index (χ3n) is 3.02. The van der Waals surface area contributed by atoms with E-state index in [2.05, 4.69) is 0 Å². The molecule has 0 bridgehead atoms. The molecule has 0 aliphatic rings. The van der Waals surface area contributed by atoms with Crippen molar-refractivity contribution >= 4 is 35.8 Å². The zero-order valence-corrected chi connectivity index (χ0v) is 18.8. The molecule has 25 heavy (non-hydrogen) atoms. The SMILES string of the molecule is C[Si](C)(C)OP(=O)(O[Si](C)(C)C)N(c1ccccc1)c1ccccc1. The molecule has 4 nitrogen and oxygen atoms in total. The van der Waals surface area contributed by atoms with Gasteiger partial charge in [0.25, 0.3) is 0 Å². The Kier molecular flexibility index (Phi) is 6.12. The molecule has 0 saturated heterocycles. The lowest BCUT2D eigenvalue weighted by molar-refractivity contribution is 0.383. The fourth-order valence-electron chi connectivity index (χ4n) is 2.36. The van der Waals surface area contributed by atoms with E-state index in [9.17, 15) is 4.57 Å². The molecule has 0 spiro atoms. The summed E-state index contributed by atoms with van der Waals surface area (Å²) in [6.07, 6.45) is 0. The second-order valence-corrected chi connectivity index (χ2v) is 19.1. The van der Waals surface area contributed by atoms with Crippen LogP contribution in [0.15, 0.2) is 60.7 Å². The van der Waals surface area contributed by atoms with Crippen LogP contribution in [-0.4, -0.2) is 16.6 Å². The van der Waals surface area contributed by atoms with Gasteiger partial charge in [-0.15, -0.1) is 0 Å². The lowest BCUT2D eigenvalue weighted by Crippen LogP contribution is -2.34. The van der Waals surface area contributed by atoms with Gasteiger partial charge < -0.3 is 8.43 Å². The molecule has 0 aromatic heterocycles. The Morgan fingerprint density at radius 2 is 1.00 bits per heavy atom. The van der Waals surface area contributed by atoms with Crippen LogP contribution in [0.25, 0.3) is 0 Å². The van der Waals surface area contributed by atoms with E-state index in [0.717, 1.165) is 11.4 Å². The second kappa shape index (κ2) is 7.60. The lowest BCUT2D eigenvalue weighted by Gasteiger charge is -2.38. The van der Waals surface area contributed by atoms with Crippen molar-refractivity contribution in [2.75, 3.05) is 4.67 Å². The first-order valence-corrected chi connectivity index (χ1v) is 16.7. The Hall–Kier alpha value is -1.18. The number of rotatable bonds is 7. The molecule has 2 aromatic rings. The van der Waals surface area contributed by atoms with Crippen LogP contribution in [0.4, 0.5) is 11.4 Å². The molecule has 0 saturated carbocycles. The molecule has 0 radical (unpaired) electrons. The van der Waals surface area contributed by atoms with Crippen LogP contribution in [0, 0.1) is 0 Å². The van der Waals surface area contributed by atoms with Crippen LogP contribution < -0.4 is 4.67 Å². The molecule has 0 fully saturated rings. The fraction of sp³-hybridized carbons (Fsp3) is 0.333. The van der Waals surface area contributed by atoms with Crippen LogP contribution in [0.2, 0.25) is 39.3 Å². The van der Waals surface area contributed by atoms with Crippen LogP contribution in [0.1, 0.15) is 0 Å². The van der Waals surface area contributed by atoms with Crippen LogP contribution in [-0.2, 0) is 13.0 Å². The number of hydrogen-bond donors (Lipinski definition) is 0. The molecule has 7 heteroatoms. The normalized spacial score (nSPS) is 12.9. The van der Waals surface area contributed by atoms with E-state index in [0.29, 0.717) is 0 Å². The van der Waals surface area contributed by atoms with Gasteiger partial charge in [0.2, 0.25) is 0 Å². The average molecular weight is 394 g/mol. The Labute approximate surface area is 153 Å². The smallest absolute Gasteiger partial charge is 0.335 e. The van der Waals surface area contributed by atoms with Crippen molar-refractivity contribution in [1.29, 1.82) is 0 Å². The van der Waals surface area contributed by atoms with Crippen LogP contribution >= 0.6 is 7.75 Å². The Morgan fingerprint density at radius 1 is 0.680 bits per heavy atom. The van der Waals surface area contributed by atoms with Gasteiger partial charge >= 0.3 is 7.75 Å². The first-order valence-electron chi connectivity index (χ1n) is 8.42. The van der Waals surface area contributed by atoms with Gasteiger partial charge in [-0.1, -0.05) is 36.4 Å². The first-order chi connectivity index (χ1) is 11.5. The van der Waals surface area contributed by atoms with E-state index >= 15 is 0 Å². The molecule has 0 unspecified atom stereocenters. The minimum atomic E-state index is -3.56. The number of para-hydroxylation sites is 2. The van der Waals surface area contributed by atoms with Crippen molar-refractivity contribution in [3.63, 3.8) is 0 Å². The standard InChI is InChI=1S/C18H28NO3PSi2/c1-24(2,3)21-23(20,22-25(4,5)6)19(17-13-9-7-10-14-17)18-15-11-8-12-16-18/h7-16H,1-6H3. The minimum Gasteiger partial charge on any atom is -0.335 e. The Bertz CT molecular complexity index is 668. The monoisotopic (exact) mass is 393 g/mol. The summed E-state index contributed by atoms with van der Waals surface area (Å²) in [6.45, 7) is 12.2. The third kappa shape index (κ3) is 5.94. The molecule has 0 aliphatic carbocycles. The maximum Gasteiger partial charge on any atom is 0.420 e. The van der Waals surface area contributed by atoms with Crippen molar-refractivity contribution in [3.8, 4) is 0 Å². The fourth-order valence-corrected chi connectivity index (χ4v) is 9.87. The minimum absolute atomic E-state index is 0.800. The molecular weight excluding hydrogens is 365 g/mol. The quantitative estimate of drug-likeness (QED) is 0.390. The summed E-state index contributed by atoms with van der Waals surface area (Å²) in [5.41, 5.74) is 1.60. The maximum absolute atomic E-state index is 14.1.